The van der Waals surface area contributed by atoms with Gasteiger partial charge in [-0.1, -0.05) is 0 Å². The van der Waals surface area contributed by atoms with E-state index in [1.54, 1.807) is 0 Å². The number of benzene rings is 1. The fraction of sp³-hybridized carbons (Fsp3) is 0.667. The second-order valence-electron chi connectivity index (χ2n) is 8.62. The number of ether oxygens (including phenoxy) is 8. The fourth-order valence-electron chi connectivity index (χ4n) is 3.03. The number of carboxylic acids is 1. The summed E-state index contributed by atoms with van der Waals surface area (Å²) in [5.41, 5.74) is 0. The Kier molecular flexibility index (Phi) is 21.6. The first-order valence-corrected chi connectivity index (χ1v) is 13.7. The molecule has 1 aromatic rings. The molecule has 0 saturated heterocycles. The van der Waals surface area contributed by atoms with E-state index in [1.165, 1.54) is 0 Å². The van der Waals surface area contributed by atoms with E-state index in [9.17, 15) is 36.3 Å². The number of carbonyl (C=O) groups is 3. The first-order valence-electron chi connectivity index (χ1n) is 13.7. The van der Waals surface area contributed by atoms with E-state index < -0.39 is 59.2 Å². The highest BCUT2D eigenvalue weighted by Gasteiger charge is 2.28. The summed E-state index contributed by atoms with van der Waals surface area (Å²) >= 11 is 0. The second-order valence-corrected chi connectivity index (χ2v) is 8.62. The molecule has 1 rings (SSSR count). The van der Waals surface area contributed by atoms with Crippen LogP contribution in [0.4, 0.5) is 22.0 Å². The van der Waals surface area contributed by atoms with E-state index in [2.05, 4.69) is 4.74 Å². The summed E-state index contributed by atoms with van der Waals surface area (Å²) in [7, 11) is 0. The highest BCUT2D eigenvalue weighted by atomic mass is 19.2. The summed E-state index contributed by atoms with van der Waals surface area (Å²) in [4.78, 5) is 33.4. The SMILES string of the molecule is O=C(O)CCCCC(=O)OCCOCCOCCOCCOCCOCCOCCC(=O)Oc1c(F)c(F)c(F)c(F)c1F. The average Bonchev–Trinajstić information content (AvgIpc) is 3.00. The van der Waals surface area contributed by atoms with Crippen molar-refractivity contribution in [3.63, 3.8) is 0 Å². The molecule has 0 saturated carbocycles. The van der Waals surface area contributed by atoms with E-state index in [0.29, 0.717) is 52.5 Å². The highest BCUT2D eigenvalue weighted by Crippen LogP contribution is 2.29. The summed E-state index contributed by atoms with van der Waals surface area (Å²) in [6.07, 6.45) is 0.592. The molecular formula is C27H37F5O12. The van der Waals surface area contributed by atoms with E-state index >= 15 is 0 Å². The molecule has 0 aliphatic rings. The number of hydrogen-bond acceptors (Lipinski definition) is 11. The van der Waals surface area contributed by atoms with Crippen molar-refractivity contribution in [2.45, 2.75) is 32.1 Å². The van der Waals surface area contributed by atoms with Crippen molar-refractivity contribution < 1.29 is 79.3 Å². The second kappa shape index (κ2) is 24.4. The Balaban J connectivity index is 1.83. The minimum atomic E-state index is -2.36. The van der Waals surface area contributed by atoms with Gasteiger partial charge in [-0.05, 0) is 12.8 Å². The third-order valence-electron chi connectivity index (χ3n) is 5.21. The standard InChI is InChI=1S/C27H37F5O12/c28-22-23(29)25(31)27(26(32)24(22)30)44-21(36)5-6-37-7-8-38-9-10-39-11-12-40-13-14-41-15-16-42-17-18-43-20(35)4-2-1-3-19(33)34/h1-18H2,(H,33,34). The minimum Gasteiger partial charge on any atom is -0.481 e. The maximum atomic E-state index is 13.5. The predicted octanol–water partition coefficient (Wildman–Crippen LogP) is 2.97. The van der Waals surface area contributed by atoms with Gasteiger partial charge in [0.15, 0.2) is 0 Å². The molecule has 0 radical (unpaired) electrons. The number of carbonyl (C=O) groups excluding carboxylic acids is 2. The molecule has 0 fully saturated rings. The van der Waals surface area contributed by atoms with Crippen LogP contribution in [0.25, 0.3) is 0 Å². The van der Waals surface area contributed by atoms with E-state index in [4.69, 9.17) is 38.3 Å². The topological polar surface area (TPSA) is 145 Å². The van der Waals surface area contributed by atoms with E-state index in [-0.39, 0.29) is 59.1 Å². The van der Waals surface area contributed by atoms with Gasteiger partial charge in [0, 0.05) is 12.8 Å². The minimum absolute atomic E-state index is 0.0275. The maximum Gasteiger partial charge on any atom is 0.313 e. The van der Waals surface area contributed by atoms with E-state index in [0.717, 1.165) is 0 Å². The van der Waals surface area contributed by atoms with Gasteiger partial charge in [0.05, 0.1) is 85.7 Å². The predicted molar refractivity (Wildman–Crippen MR) is 138 cm³/mol. The number of unbranched alkanes of at least 4 members (excludes halogenated alkanes) is 1. The summed E-state index contributed by atoms with van der Waals surface area (Å²) in [5.74, 6) is -15.5. The lowest BCUT2D eigenvalue weighted by atomic mass is 10.2. The molecule has 0 heterocycles. The zero-order valence-corrected chi connectivity index (χ0v) is 24.1. The Morgan fingerprint density at radius 2 is 0.818 bits per heavy atom. The summed E-state index contributed by atoms with van der Waals surface area (Å²) in [6.45, 7) is 2.88. The van der Waals surface area contributed by atoms with Gasteiger partial charge in [-0.15, -0.1) is 0 Å². The Hall–Kier alpha value is -2.96. The number of rotatable bonds is 27. The number of hydrogen-bond donors (Lipinski definition) is 1. The number of carboxylic acid groups (broad SMARTS) is 1. The molecule has 0 aromatic heterocycles. The molecule has 0 spiro atoms. The van der Waals surface area contributed by atoms with Crippen LogP contribution in [-0.4, -0.2) is 109 Å². The summed E-state index contributed by atoms with van der Waals surface area (Å²) in [6, 6.07) is 0. The smallest absolute Gasteiger partial charge is 0.313 e. The van der Waals surface area contributed by atoms with Crippen LogP contribution in [-0.2, 0) is 47.5 Å². The Bertz CT molecular complexity index is 969. The van der Waals surface area contributed by atoms with Gasteiger partial charge in [0.2, 0.25) is 34.8 Å². The van der Waals surface area contributed by atoms with Crippen LogP contribution < -0.4 is 4.74 Å². The molecule has 1 aromatic carbocycles. The van der Waals surface area contributed by atoms with Crippen molar-refractivity contribution in [3.05, 3.63) is 29.1 Å². The molecule has 0 unspecified atom stereocenters. The van der Waals surface area contributed by atoms with Gasteiger partial charge in [-0.25, -0.2) is 13.2 Å². The van der Waals surface area contributed by atoms with Gasteiger partial charge < -0.3 is 43.0 Å². The lowest BCUT2D eigenvalue weighted by molar-refractivity contribution is -0.146. The van der Waals surface area contributed by atoms with Crippen LogP contribution in [0.1, 0.15) is 32.1 Å². The van der Waals surface area contributed by atoms with Gasteiger partial charge >= 0.3 is 17.9 Å². The molecule has 0 amide bonds. The zero-order chi connectivity index (χ0) is 32.6. The molecule has 12 nitrogen and oxygen atoms in total. The van der Waals surface area contributed by atoms with Crippen molar-refractivity contribution in [1.82, 2.24) is 0 Å². The van der Waals surface area contributed by atoms with Crippen molar-refractivity contribution >= 4 is 17.9 Å². The molecule has 1 N–H and O–H groups in total. The van der Waals surface area contributed by atoms with Gasteiger partial charge in [0.25, 0.3) is 0 Å². The molecule has 252 valence electrons. The van der Waals surface area contributed by atoms with Crippen LogP contribution in [0.2, 0.25) is 0 Å². The summed E-state index contributed by atoms with van der Waals surface area (Å²) in [5, 5.41) is 8.52. The third kappa shape index (κ3) is 18.0. The zero-order valence-electron chi connectivity index (χ0n) is 24.1. The van der Waals surface area contributed by atoms with Crippen LogP contribution in [0.15, 0.2) is 0 Å². The van der Waals surface area contributed by atoms with Crippen molar-refractivity contribution in [3.8, 4) is 5.75 Å². The number of aliphatic carboxylic acids is 1. The Morgan fingerprint density at radius 1 is 0.455 bits per heavy atom. The average molecular weight is 649 g/mol. The van der Waals surface area contributed by atoms with Gasteiger partial charge in [-0.3, -0.25) is 14.4 Å². The van der Waals surface area contributed by atoms with Crippen LogP contribution in [0.5, 0.6) is 5.75 Å². The van der Waals surface area contributed by atoms with Crippen molar-refractivity contribution in [2.75, 3.05) is 85.9 Å². The number of halogens is 5. The lowest BCUT2D eigenvalue weighted by Gasteiger charge is -2.09. The fourth-order valence-corrected chi connectivity index (χ4v) is 3.03. The first kappa shape index (κ1) is 39.1. The monoisotopic (exact) mass is 648 g/mol. The van der Waals surface area contributed by atoms with E-state index in [1.807, 2.05) is 0 Å². The van der Waals surface area contributed by atoms with Gasteiger partial charge in [0.1, 0.15) is 6.61 Å². The molecule has 0 aliphatic carbocycles. The Morgan fingerprint density at radius 3 is 1.25 bits per heavy atom. The van der Waals surface area contributed by atoms with Crippen LogP contribution in [0, 0.1) is 29.1 Å². The molecule has 17 heteroatoms. The first-order chi connectivity index (χ1) is 21.1. The normalized spacial score (nSPS) is 11.1. The lowest BCUT2D eigenvalue weighted by Crippen LogP contribution is -2.16. The maximum absolute atomic E-state index is 13.5. The Labute approximate surface area is 250 Å². The van der Waals surface area contributed by atoms with Gasteiger partial charge in [-0.2, -0.15) is 8.78 Å². The number of esters is 2. The van der Waals surface area contributed by atoms with Crippen LogP contribution >= 0.6 is 0 Å². The molecule has 44 heavy (non-hydrogen) atoms. The molecular weight excluding hydrogens is 611 g/mol. The largest absolute Gasteiger partial charge is 0.481 e. The third-order valence-corrected chi connectivity index (χ3v) is 5.21. The molecule has 0 bridgehead atoms. The highest BCUT2D eigenvalue weighted by molar-refractivity contribution is 5.72. The quantitative estimate of drug-likeness (QED) is 0.0374. The van der Waals surface area contributed by atoms with Crippen molar-refractivity contribution in [2.24, 2.45) is 0 Å². The van der Waals surface area contributed by atoms with Crippen molar-refractivity contribution in [1.29, 1.82) is 0 Å². The molecule has 0 aliphatic heterocycles. The van der Waals surface area contributed by atoms with Crippen LogP contribution in [0.3, 0.4) is 0 Å². The molecule has 0 atom stereocenters. The summed E-state index contributed by atoms with van der Waals surface area (Å²) < 4.78 is 107.